The number of carbonyl (C=O) groups is 1. The molecule has 1 unspecified atom stereocenters. The SMILES string of the molecule is COc1cc(NC(=O)CC2CCCN2)ccc1S(=O)(=O)N1CCCC1.Cl. The van der Waals surface area contributed by atoms with Crippen LogP contribution < -0.4 is 15.4 Å². The van der Waals surface area contributed by atoms with Gasteiger partial charge in [-0.15, -0.1) is 12.4 Å². The van der Waals surface area contributed by atoms with Crippen LogP contribution >= 0.6 is 12.4 Å². The van der Waals surface area contributed by atoms with Crippen molar-refractivity contribution in [3.8, 4) is 5.75 Å². The van der Waals surface area contributed by atoms with Crippen LogP contribution in [0, 0.1) is 0 Å². The van der Waals surface area contributed by atoms with E-state index in [-0.39, 0.29) is 35.0 Å². The van der Waals surface area contributed by atoms with Crippen molar-refractivity contribution in [2.45, 2.75) is 43.0 Å². The average Bonchev–Trinajstić information content (AvgIpc) is 3.28. The smallest absolute Gasteiger partial charge is 0.246 e. The lowest BCUT2D eigenvalue weighted by Gasteiger charge is -2.18. The summed E-state index contributed by atoms with van der Waals surface area (Å²) >= 11 is 0. The van der Waals surface area contributed by atoms with Gasteiger partial charge in [0.05, 0.1) is 7.11 Å². The van der Waals surface area contributed by atoms with Crippen LogP contribution in [0.1, 0.15) is 32.1 Å². The van der Waals surface area contributed by atoms with Gasteiger partial charge in [0, 0.05) is 37.3 Å². The summed E-state index contributed by atoms with van der Waals surface area (Å²) in [6.07, 6.45) is 4.27. The number of nitrogens with one attached hydrogen (secondary N) is 2. The molecule has 2 heterocycles. The maximum Gasteiger partial charge on any atom is 0.246 e. The number of halogens is 1. The van der Waals surface area contributed by atoms with Gasteiger partial charge in [-0.3, -0.25) is 4.79 Å². The summed E-state index contributed by atoms with van der Waals surface area (Å²) in [6.45, 7) is 2.03. The predicted octanol–water partition coefficient (Wildman–Crippen LogP) is 1.98. The molecule has 2 saturated heterocycles. The van der Waals surface area contributed by atoms with E-state index >= 15 is 0 Å². The zero-order valence-corrected chi connectivity index (χ0v) is 16.5. The Bertz CT molecular complexity index is 730. The number of sulfonamides is 1. The second-order valence-electron chi connectivity index (χ2n) is 6.52. The number of nitrogens with zero attached hydrogens (tertiary/aromatic N) is 1. The van der Waals surface area contributed by atoms with E-state index in [9.17, 15) is 13.2 Å². The Kier molecular flexibility index (Phi) is 7.28. The zero-order valence-electron chi connectivity index (χ0n) is 14.9. The minimum Gasteiger partial charge on any atom is -0.495 e. The van der Waals surface area contributed by atoms with Gasteiger partial charge < -0.3 is 15.4 Å². The van der Waals surface area contributed by atoms with Crippen LogP contribution in [0.4, 0.5) is 5.69 Å². The minimum absolute atomic E-state index is 0. The summed E-state index contributed by atoms with van der Waals surface area (Å²) in [5.74, 6) is 0.167. The van der Waals surface area contributed by atoms with Gasteiger partial charge in [-0.1, -0.05) is 0 Å². The number of hydrogen-bond donors (Lipinski definition) is 2. The monoisotopic (exact) mass is 403 g/mol. The molecule has 7 nitrogen and oxygen atoms in total. The van der Waals surface area contributed by atoms with E-state index in [1.807, 2.05) is 0 Å². The number of rotatable bonds is 6. The van der Waals surface area contributed by atoms with Gasteiger partial charge in [0.15, 0.2) is 0 Å². The van der Waals surface area contributed by atoms with Gasteiger partial charge in [0.2, 0.25) is 15.9 Å². The third-order valence-corrected chi connectivity index (χ3v) is 6.66. The number of amides is 1. The maximum atomic E-state index is 12.7. The van der Waals surface area contributed by atoms with E-state index < -0.39 is 10.0 Å². The Balaban J connectivity index is 0.00000243. The quantitative estimate of drug-likeness (QED) is 0.758. The van der Waals surface area contributed by atoms with Crippen LogP contribution in [0.5, 0.6) is 5.75 Å². The molecule has 0 bridgehead atoms. The van der Waals surface area contributed by atoms with E-state index in [1.54, 1.807) is 12.1 Å². The van der Waals surface area contributed by atoms with Crippen molar-refractivity contribution in [3.63, 3.8) is 0 Å². The summed E-state index contributed by atoms with van der Waals surface area (Å²) in [6, 6.07) is 4.92. The first-order valence-electron chi connectivity index (χ1n) is 8.72. The molecule has 9 heteroatoms. The molecule has 0 saturated carbocycles. The molecule has 2 aliphatic rings. The molecule has 0 spiro atoms. The number of hydrogen-bond acceptors (Lipinski definition) is 5. The van der Waals surface area contributed by atoms with Crippen molar-refractivity contribution in [1.29, 1.82) is 0 Å². The fraction of sp³-hybridized carbons (Fsp3) is 0.588. The maximum absolute atomic E-state index is 12.7. The fourth-order valence-corrected chi connectivity index (χ4v) is 5.05. The van der Waals surface area contributed by atoms with Crippen LogP contribution in [0.25, 0.3) is 0 Å². The Morgan fingerprint density at radius 1 is 1.31 bits per heavy atom. The first-order valence-corrected chi connectivity index (χ1v) is 10.2. The number of ether oxygens (including phenoxy) is 1. The van der Waals surface area contributed by atoms with E-state index in [2.05, 4.69) is 10.6 Å². The normalized spacial score (nSPS) is 20.6. The van der Waals surface area contributed by atoms with E-state index in [4.69, 9.17) is 4.74 Å². The standard InChI is InChI=1S/C17H25N3O4S.ClH/c1-24-15-11-14(19-17(21)12-13-5-4-8-18-13)6-7-16(15)25(22,23)20-9-2-3-10-20;/h6-7,11,13,18H,2-5,8-10,12H2,1H3,(H,19,21);1H. The Hall–Kier alpha value is -1.35. The molecule has 1 aromatic carbocycles. The number of anilines is 1. The summed E-state index contributed by atoms with van der Waals surface area (Å²) in [7, 11) is -2.12. The largest absolute Gasteiger partial charge is 0.495 e. The van der Waals surface area contributed by atoms with E-state index in [0.29, 0.717) is 25.2 Å². The van der Waals surface area contributed by atoms with Gasteiger partial charge in [-0.2, -0.15) is 4.31 Å². The molecule has 1 atom stereocenters. The first kappa shape index (κ1) is 21.0. The van der Waals surface area contributed by atoms with E-state index in [1.165, 1.54) is 17.5 Å². The van der Waals surface area contributed by atoms with Crippen LogP contribution in [0.3, 0.4) is 0 Å². The summed E-state index contributed by atoms with van der Waals surface area (Å²) in [5.41, 5.74) is 0.542. The highest BCUT2D eigenvalue weighted by Crippen LogP contribution is 2.31. The molecule has 1 aromatic rings. The molecule has 0 radical (unpaired) electrons. The third-order valence-electron chi connectivity index (χ3n) is 4.72. The summed E-state index contributed by atoms with van der Waals surface area (Å²) < 4.78 is 32.2. The topological polar surface area (TPSA) is 87.7 Å². The van der Waals surface area contributed by atoms with Gasteiger partial charge in [-0.05, 0) is 44.4 Å². The second kappa shape index (κ2) is 9.03. The predicted molar refractivity (Wildman–Crippen MR) is 103 cm³/mol. The molecule has 0 aliphatic carbocycles. The Morgan fingerprint density at radius 3 is 2.65 bits per heavy atom. The molecular formula is C17H26ClN3O4S. The van der Waals surface area contributed by atoms with Gasteiger partial charge in [0.1, 0.15) is 10.6 Å². The molecule has 146 valence electrons. The lowest BCUT2D eigenvalue weighted by Crippen LogP contribution is -2.28. The van der Waals surface area contributed by atoms with Crippen molar-refractivity contribution in [3.05, 3.63) is 18.2 Å². The molecule has 26 heavy (non-hydrogen) atoms. The summed E-state index contributed by atoms with van der Waals surface area (Å²) in [5, 5.41) is 6.11. The highest BCUT2D eigenvalue weighted by Gasteiger charge is 2.30. The lowest BCUT2D eigenvalue weighted by atomic mass is 10.1. The second-order valence-corrected chi connectivity index (χ2v) is 8.43. The molecule has 0 aromatic heterocycles. The third kappa shape index (κ3) is 4.68. The van der Waals surface area contributed by atoms with Crippen LogP contribution in [0.15, 0.2) is 23.1 Å². The van der Waals surface area contributed by atoms with E-state index in [0.717, 1.165) is 32.2 Å². The van der Waals surface area contributed by atoms with Crippen LogP contribution in [0.2, 0.25) is 0 Å². The summed E-state index contributed by atoms with van der Waals surface area (Å²) in [4.78, 5) is 12.3. The first-order chi connectivity index (χ1) is 12.0. The number of methoxy groups -OCH3 is 1. The Labute approximate surface area is 160 Å². The van der Waals surface area contributed by atoms with Crippen molar-refractivity contribution in [2.75, 3.05) is 32.1 Å². The Morgan fingerprint density at radius 2 is 2.04 bits per heavy atom. The average molecular weight is 404 g/mol. The highest BCUT2D eigenvalue weighted by molar-refractivity contribution is 7.89. The molecule has 2 aliphatic heterocycles. The number of carbonyl (C=O) groups excluding carboxylic acids is 1. The van der Waals surface area contributed by atoms with Crippen LogP contribution in [-0.4, -0.2) is 51.4 Å². The lowest BCUT2D eigenvalue weighted by molar-refractivity contribution is -0.116. The number of benzene rings is 1. The van der Waals surface area contributed by atoms with Crippen molar-refractivity contribution >= 4 is 34.0 Å². The highest BCUT2D eigenvalue weighted by atomic mass is 35.5. The molecule has 2 N–H and O–H groups in total. The molecule has 2 fully saturated rings. The fourth-order valence-electron chi connectivity index (χ4n) is 3.39. The zero-order chi connectivity index (χ0) is 17.9. The minimum atomic E-state index is -3.56. The van der Waals surface area contributed by atoms with Crippen molar-refractivity contribution < 1.29 is 17.9 Å². The molecule has 1 amide bonds. The molecule has 3 rings (SSSR count). The van der Waals surface area contributed by atoms with Crippen molar-refractivity contribution in [1.82, 2.24) is 9.62 Å². The van der Waals surface area contributed by atoms with Gasteiger partial charge >= 0.3 is 0 Å². The van der Waals surface area contributed by atoms with Crippen molar-refractivity contribution in [2.24, 2.45) is 0 Å². The molecular weight excluding hydrogens is 378 g/mol. The van der Waals surface area contributed by atoms with Gasteiger partial charge in [-0.25, -0.2) is 8.42 Å². The van der Waals surface area contributed by atoms with Gasteiger partial charge in [0.25, 0.3) is 0 Å². The van der Waals surface area contributed by atoms with Crippen LogP contribution in [-0.2, 0) is 14.8 Å².